The van der Waals surface area contributed by atoms with Crippen molar-refractivity contribution >= 4 is 34.4 Å². The van der Waals surface area contributed by atoms with Crippen LogP contribution in [0.25, 0.3) is 10.9 Å². The second-order valence-corrected chi connectivity index (χ2v) is 7.29. The third kappa shape index (κ3) is 4.02. The van der Waals surface area contributed by atoms with Crippen molar-refractivity contribution in [3.8, 4) is 11.5 Å². The highest BCUT2D eigenvalue weighted by Crippen LogP contribution is 2.32. The zero-order valence-electron chi connectivity index (χ0n) is 16.5. The lowest BCUT2D eigenvalue weighted by Crippen LogP contribution is -2.30. The van der Waals surface area contributed by atoms with E-state index in [0.29, 0.717) is 22.6 Å². The lowest BCUT2D eigenvalue weighted by molar-refractivity contribution is -0.143. The van der Waals surface area contributed by atoms with Gasteiger partial charge in [0.25, 0.3) is 5.91 Å². The second-order valence-electron chi connectivity index (χ2n) is 6.93. The Labute approximate surface area is 177 Å². The summed E-state index contributed by atoms with van der Waals surface area (Å²) in [5.74, 6) is 0.0770. The van der Waals surface area contributed by atoms with E-state index in [4.69, 9.17) is 25.8 Å². The molecule has 3 aromatic rings. The van der Waals surface area contributed by atoms with Gasteiger partial charge >= 0.3 is 5.97 Å². The van der Waals surface area contributed by atoms with Crippen LogP contribution in [0.4, 0.5) is 0 Å². The van der Waals surface area contributed by atoms with Gasteiger partial charge in [-0.1, -0.05) is 23.7 Å². The van der Waals surface area contributed by atoms with Crippen molar-refractivity contribution in [2.75, 3.05) is 13.3 Å². The summed E-state index contributed by atoms with van der Waals surface area (Å²) in [7, 11) is 0. The number of aromatic nitrogens is 1. The predicted molar refractivity (Wildman–Crippen MR) is 111 cm³/mol. The van der Waals surface area contributed by atoms with E-state index in [1.165, 1.54) is 0 Å². The van der Waals surface area contributed by atoms with Crippen molar-refractivity contribution in [1.29, 1.82) is 0 Å². The first-order valence-electron chi connectivity index (χ1n) is 9.31. The fourth-order valence-electron chi connectivity index (χ4n) is 3.11. The maximum absolute atomic E-state index is 12.2. The standard InChI is InChI=1S/C22H19ClN2O5/c1-12-3-4-14-7-16(21(23)25-20(14)13(12)2)10-28-19(26)9-24-22(27)15-5-6-17-18(8-15)30-11-29-17/h3-8H,9-11H2,1-2H3,(H,24,27). The molecule has 4 rings (SSSR count). The molecule has 0 bridgehead atoms. The normalized spacial score (nSPS) is 12.1. The molecule has 2 heterocycles. The summed E-state index contributed by atoms with van der Waals surface area (Å²) in [6.45, 7) is 3.82. The van der Waals surface area contributed by atoms with Crippen LogP contribution in [-0.4, -0.2) is 30.2 Å². The van der Waals surface area contributed by atoms with E-state index in [-0.39, 0.29) is 25.1 Å². The second kappa shape index (κ2) is 8.20. The number of carbonyl (C=O) groups excluding carboxylic acids is 2. The van der Waals surface area contributed by atoms with E-state index in [1.54, 1.807) is 18.2 Å². The fraction of sp³-hybridized carbons (Fsp3) is 0.227. The Bertz CT molecular complexity index is 1160. The SMILES string of the molecule is Cc1ccc2cc(COC(=O)CNC(=O)c3ccc4c(c3)OCO4)c(Cl)nc2c1C. The van der Waals surface area contributed by atoms with E-state index >= 15 is 0 Å². The number of carbonyl (C=O) groups is 2. The van der Waals surface area contributed by atoms with E-state index in [0.717, 1.165) is 22.0 Å². The molecule has 1 aliphatic rings. The number of ether oxygens (including phenoxy) is 3. The number of amides is 1. The summed E-state index contributed by atoms with van der Waals surface area (Å²) < 4.78 is 15.7. The molecule has 0 saturated heterocycles. The van der Waals surface area contributed by atoms with Gasteiger partial charge in [0.1, 0.15) is 18.3 Å². The molecule has 0 fully saturated rings. The van der Waals surface area contributed by atoms with Crippen LogP contribution in [0.3, 0.4) is 0 Å². The minimum atomic E-state index is -0.583. The minimum Gasteiger partial charge on any atom is -0.459 e. The van der Waals surface area contributed by atoms with Gasteiger partial charge in [-0.2, -0.15) is 0 Å². The fourth-order valence-corrected chi connectivity index (χ4v) is 3.30. The molecule has 8 heteroatoms. The van der Waals surface area contributed by atoms with Gasteiger partial charge in [-0.15, -0.1) is 0 Å². The first-order chi connectivity index (χ1) is 14.4. The van der Waals surface area contributed by atoms with Crippen LogP contribution in [-0.2, 0) is 16.1 Å². The van der Waals surface area contributed by atoms with Crippen molar-refractivity contribution in [3.63, 3.8) is 0 Å². The molecule has 1 N–H and O–H groups in total. The summed E-state index contributed by atoms with van der Waals surface area (Å²) in [5.41, 5.74) is 3.97. The van der Waals surface area contributed by atoms with Crippen LogP contribution in [0.5, 0.6) is 11.5 Å². The van der Waals surface area contributed by atoms with E-state index in [2.05, 4.69) is 10.3 Å². The first kappa shape index (κ1) is 20.0. The zero-order chi connectivity index (χ0) is 21.3. The molecule has 0 spiro atoms. The van der Waals surface area contributed by atoms with Gasteiger partial charge in [0, 0.05) is 16.5 Å². The molecule has 1 aliphatic heterocycles. The van der Waals surface area contributed by atoms with Crippen LogP contribution in [0.1, 0.15) is 27.0 Å². The Morgan fingerprint density at radius 1 is 1.13 bits per heavy atom. The average Bonchev–Trinajstić information content (AvgIpc) is 3.21. The van der Waals surface area contributed by atoms with Crippen LogP contribution >= 0.6 is 11.6 Å². The number of hydrogen-bond acceptors (Lipinski definition) is 6. The summed E-state index contributed by atoms with van der Waals surface area (Å²) in [5, 5.41) is 3.73. The third-order valence-corrected chi connectivity index (χ3v) is 5.28. The smallest absolute Gasteiger partial charge is 0.325 e. The number of esters is 1. The van der Waals surface area contributed by atoms with Gasteiger partial charge in [-0.05, 0) is 49.2 Å². The predicted octanol–water partition coefficient (Wildman–Crippen LogP) is 3.71. The lowest BCUT2D eigenvalue weighted by atomic mass is 10.0. The Morgan fingerprint density at radius 3 is 2.77 bits per heavy atom. The Kier molecular flexibility index (Phi) is 5.46. The van der Waals surface area contributed by atoms with Gasteiger partial charge in [-0.25, -0.2) is 4.98 Å². The number of nitrogens with zero attached hydrogens (tertiary/aromatic N) is 1. The first-order valence-corrected chi connectivity index (χ1v) is 9.69. The third-order valence-electron chi connectivity index (χ3n) is 4.95. The molecular weight excluding hydrogens is 408 g/mol. The van der Waals surface area contributed by atoms with Crippen molar-refractivity contribution in [3.05, 3.63) is 63.8 Å². The Hall–Kier alpha value is -3.32. The van der Waals surface area contributed by atoms with Gasteiger partial charge in [-0.3, -0.25) is 9.59 Å². The molecular formula is C22H19ClN2O5. The van der Waals surface area contributed by atoms with E-state index in [9.17, 15) is 9.59 Å². The molecule has 7 nitrogen and oxygen atoms in total. The number of rotatable bonds is 5. The van der Waals surface area contributed by atoms with Crippen LogP contribution in [0.15, 0.2) is 36.4 Å². The molecule has 154 valence electrons. The summed E-state index contributed by atoms with van der Waals surface area (Å²) >= 11 is 6.27. The molecule has 0 unspecified atom stereocenters. The quantitative estimate of drug-likeness (QED) is 0.494. The van der Waals surface area contributed by atoms with Crippen molar-refractivity contribution in [2.24, 2.45) is 0 Å². The monoisotopic (exact) mass is 426 g/mol. The van der Waals surface area contributed by atoms with Crippen LogP contribution in [0.2, 0.25) is 5.15 Å². The molecule has 1 aromatic heterocycles. The highest BCUT2D eigenvalue weighted by molar-refractivity contribution is 6.30. The van der Waals surface area contributed by atoms with Crippen LogP contribution in [0, 0.1) is 13.8 Å². The van der Waals surface area contributed by atoms with Crippen LogP contribution < -0.4 is 14.8 Å². The highest BCUT2D eigenvalue weighted by Gasteiger charge is 2.17. The molecule has 30 heavy (non-hydrogen) atoms. The highest BCUT2D eigenvalue weighted by atomic mass is 35.5. The number of hydrogen-bond donors (Lipinski definition) is 1. The van der Waals surface area contributed by atoms with Crippen molar-refractivity contribution in [2.45, 2.75) is 20.5 Å². The average molecular weight is 427 g/mol. The van der Waals surface area contributed by atoms with Gasteiger partial charge in [0.2, 0.25) is 6.79 Å². The lowest BCUT2D eigenvalue weighted by Gasteiger charge is -2.10. The number of benzene rings is 2. The van der Waals surface area contributed by atoms with E-state index < -0.39 is 11.9 Å². The van der Waals surface area contributed by atoms with Crippen molar-refractivity contribution < 1.29 is 23.8 Å². The van der Waals surface area contributed by atoms with E-state index in [1.807, 2.05) is 32.0 Å². The minimum absolute atomic E-state index is 0.0343. The zero-order valence-corrected chi connectivity index (χ0v) is 17.2. The van der Waals surface area contributed by atoms with Gasteiger partial charge in [0.05, 0.1) is 5.52 Å². The van der Waals surface area contributed by atoms with Gasteiger partial charge in [0.15, 0.2) is 11.5 Å². The molecule has 1 amide bonds. The largest absolute Gasteiger partial charge is 0.459 e. The van der Waals surface area contributed by atoms with Gasteiger partial charge < -0.3 is 19.5 Å². The summed E-state index contributed by atoms with van der Waals surface area (Å²) in [6, 6.07) is 10.6. The Balaban J connectivity index is 1.35. The summed E-state index contributed by atoms with van der Waals surface area (Å²) in [4.78, 5) is 28.7. The number of aryl methyl sites for hydroxylation is 2. The number of halogens is 1. The molecule has 2 aromatic carbocycles. The molecule has 0 aliphatic carbocycles. The number of fused-ring (bicyclic) bond motifs is 2. The topological polar surface area (TPSA) is 86.8 Å². The number of pyridine rings is 1. The molecule has 0 saturated carbocycles. The molecule has 0 radical (unpaired) electrons. The molecule has 0 atom stereocenters. The maximum Gasteiger partial charge on any atom is 0.325 e. The summed E-state index contributed by atoms with van der Waals surface area (Å²) in [6.07, 6.45) is 0. The number of nitrogens with one attached hydrogen (secondary N) is 1. The Morgan fingerprint density at radius 2 is 1.93 bits per heavy atom. The van der Waals surface area contributed by atoms with Crippen molar-refractivity contribution in [1.82, 2.24) is 10.3 Å². The maximum atomic E-state index is 12.2.